The van der Waals surface area contributed by atoms with E-state index in [1.54, 1.807) is 0 Å². The molecule has 1 rings (SSSR count). The third kappa shape index (κ3) is 8.17. The van der Waals surface area contributed by atoms with Crippen LogP contribution >= 0.6 is 0 Å². The Morgan fingerprint density at radius 2 is 1.35 bits per heavy atom. The second kappa shape index (κ2) is 13.8. The van der Waals surface area contributed by atoms with Crippen LogP contribution in [0.2, 0.25) is 13.3 Å². The van der Waals surface area contributed by atoms with E-state index >= 15 is 0 Å². The maximum atomic E-state index is 10.9. The van der Waals surface area contributed by atoms with Gasteiger partial charge in [0.25, 0.3) is 0 Å². The second-order valence-corrected chi connectivity index (χ2v) is 21.0. The van der Waals surface area contributed by atoms with Crippen LogP contribution in [-0.2, 0) is 0 Å². The molecule has 1 nitrogen and oxygen atoms in total. The molecule has 0 aliphatic rings. The van der Waals surface area contributed by atoms with E-state index in [2.05, 4.69) is 50.0 Å². The summed E-state index contributed by atoms with van der Waals surface area (Å²) in [6.45, 7) is 9.19. The first kappa shape index (κ1) is 23.8. The van der Waals surface area contributed by atoms with Crippen LogP contribution in [0.5, 0.6) is 0 Å². The Labute approximate surface area is 167 Å². The van der Waals surface area contributed by atoms with E-state index in [0.29, 0.717) is 0 Å². The van der Waals surface area contributed by atoms with Gasteiger partial charge in [-0.25, -0.2) is 0 Å². The summed E-state index contributed by atoms with van der Waals surface area (Å²) in [4.78, 5) is 0. The van der Waals surface area contributed by atoms with Crippen molar-refractivity contribution < 1.29 is 5.11 Å². The van der Waals surface area contributed by atoms with Gasteiger partial charge in [-0.15, -0.1) is 0 Å². The topological polar surface area (TPSA) is 20.2 Å². The number of aliphatic hydroxyl groups excluding tert-OH is 1. The van der Waals surface area contributed by atoms with Gasteiger partial charge >= 0.3 is 168 Å². The number of rotatable bonds is 14. The molecule has 0 radical (unpaired) electrons. The normalized spacial score (nSPS) is 14.7. The minimum atomic E-state index is -2.25. The van der Waals surface area contributed by atoms with Crippen LogP contribution in [0.15, 0.2) is 40.5 Å². The fourth-order valence-corrected chi connectivity index (χ4v) is 18.4. The van der Waals surface area contributed by atoms with Crippen LogP contribution in [0.4, 0.5) is 0 Å². The van der Waals surface area contributed by atoms with E-state index in [-0.39, 0.29) is 12.0 Å². The SMILES string of the molecule is CCC[CH2][Sn](/[CH]=C/[C@H](CC)[C@H](O)c1ccccc1)([CH2]CCC)[CH2]CCC. The number of hydrogen-bond acceptors (Lipinski definition) is 1. The van der Waals surface area contributed by atoms with Crippen molar-refractivity contribution in [2.45, 2.75) is 92.1 Å². The minimum absolute atomic E-state index is 0.248. The standard InChI is InChI=1S/C12H15O.3C4H9.Sn/c1-3-10(4-2)12(13)11-8-6-5-7-9-11;3*1-3-4-2;/h1,3,5-10,12-13H,4H2,2H3;3*1,3-4H2,2H3;/t10-,12+;;;;/m1..../s1. The van der Waals surface area contributed by atoms with Gasteiger partial charge in [0.2, 0.25) is 0 Å². The van der Waals surface area contributed by atoms with Crippen LogP contribution in [-0.4, -0.2) is 23.5 Å². The number of hydrogen-bond donors (Lipinski definition) is 1. The Balaban J connectivity index is 2.98. The summed E-state index contributed by atoms with van der Waals surface area (Å²) in [5, 5.41) is 10.9. The molecular formula is C24H42OSn. The molecule has 0 unspecified atom stereocenters. The molecule has 1 aromatic rings. The summed E-state index contributed by atoms with van der Waals surface area (Å²) in [5.74, 6) is 0.248. The number of unbranched alkanes of at least 4 members (excludes halogenated alkanes) is 3. The Morgan fingerprint density at radius 3 is 1.77 bits per heavy atom. The second-order valence-electron chi connectivity index (χ2n) is 7.96. The van der Waals surface area contributed by atoms with E-state index in [4.69, 9.17) is 0 Å². The molecule has 0 aliphatic heterocycles. The number of benzene rings is 1. The zero-order chi connectivity index (χ0) is 19.3. The molecule has 1 N–H and O–H groups in total. The average Bonchev–Trinajstić information content (AvgIpc) is 2.69. The van der Waals surface area contributed by atoms with E-state index in [1.165, 1.54) is 51.8 Å². The summed E-state index contributed by atoms with van der Waals surface area (Å²) < 4.78 is 7.22. The summed E-state index contributed by atoms with van der Waals surface area (Å²) >= 11 is -2.25. The average molecular weight is 465 g/mol. The quantitative estimate of drug-likeness (QED) is 0.279. The molecule has 2 atom stereocenters. The monoisotopic (exact) mass is 466 g/mol. The predicted molar refractivity (Wildman–Crippen MR) is 119 cm³/mol. The van der Waals surface area contributed by atoms with E-state index < -0.39 is 18.4 Å². The Morgan fingerprint density at radius 1 is 0.846 bits per heavy atom. The Bertz CT molecular complexity index is 460. The van der Waals surface area contributed by atoms with Crippen molar-refractivity contribution in [3.63, 3.8) is 0 Å². The molecular weight excluding hydrogens is 423 g/mol. The maximum absolute atomic E-state index is 10.9. The first-order chi connectivity index (χ1) is 12.6. The van der Waals surface area contributed by atoms with Crippen LogP contribution in [0.25, 0.3) is 0 Å². The van der Waals surface area contributed by atoms with Crippen molar-refractivity contribution in [1.82, 2.24) is 0 Å². The molecule has 0 aromatic heterocycles. The van der Waals surface area contributed by atoms with Gasteiger partial charge in [0.1, 0.15) is 0 Å². The number of aliphatic hydroxyl groups is 1. The first-order valence-electron chi connectivity index (χ1n) is 11.0. The molecule has 0 saturated carbocycles. The molecule has 26 heavy (non-hydrogen) atoms. The Hall–Kier alpha value is -0.281. The van der Waals surface area contributed by atoms with Crippen molar-refractivity contribution in [3.05, 3.63) is 46.1 Å². The van der Waals surface area contributed by atoms with Gasteiger partial charge in [0.05, 0.1) is 0 Å². The van der Waals surface area contributed by atoms with Gasteiger partial charge in [0, 0.05) is 0 Å². The van der Waals surface area contributed by atoms with Crippen LogP contribution in [0.3, 0.4) is 0 Å². The summed E-state index contributed by atoms with van der Waals surface area (Å²) in [6.07, 6.45) is 11.2. The zero-order valence-corrected chi connectivity index (χ0v) is 20.6. The summed E-state index contributed by atoms with van der Waals surface area (Å²) in [5.41, 5.74) is 1.06. The van der Waals surface area contributed by atoms with Crippen molar-refractivity contribution in [2.24, 2.45) is 5.92 Å². The van der Waals surface area contributed by atoms with Gasteiger partial charge in [-0.05, 0) is 0 Å². The fourth-order valence-electron chi connectivity index (χ4n) is 3.90. The molecule has 1 aromatic carbocycles. The van der Waals surface area contributed by atoms with Gasteiger partial charge < -0.3 is 0 Å². The van der Waals surface area contributed by atoms with E-state index in [9.17, 15) is 5.11 Å². The third-order valence-corrected chi connectivity index (χ3v) is 19.9. The van der Waals surface area contributed by atoms with Crippen LogP contribution < -0.4 is 0 Å². The van der Waals surface area contributed by atoms with E-state index in [0.717, 1.165) is 12.0 Å². The predicted octanol–water partition coefficient (Wildman–Crippen LogP) is 7.69. The molecule has 0 fully saturated rings. The molecule has 0 spiro atoms. The van der Waals surface area contributed by atoms with Crippen molar-refractivity contribution in [1.29, 1.82) is 0 Å². The molecule has 0 aliphatic carbocycles. The molecule has 0 heterocycles. The third-order valence-electron chi connectivity index (χ3n) is 5.80. The summed E-state index contributed by atoms with van der Waals surface area (Å²) in [7, 11) is 0. The Kier molecular flexibility index (Phi) is 12.6. The van der Waals surface area contributed by atoms with Crippen LogP contribution in [0, 0.1) is 5.92 Å². The molecule has 0 saturated heterocycles. The van der Waals surface area contributed by atoms with Crippen molar-refractivity contribution in [2.75, 3.05) is 0 Å². The van der Waals surface area contributed by atoms with E-state index in [1.807, 2.05) is 18.2 Å². The molecule has 0 bridgehead atoms. The van der Waals surface area contributed by atoms with Crippen molar-refractivity contribution in [3.8, 4) is 0 Å². The van der Waals surface area contributed by atoms with Crippen molar-refractivity contribution >= 4 is 18.4 Å². The molecule has 2 heteroatoms. The summed E-state index contributed by atoms with van der Waals surface area (Å²) in [6, 6.07) is 10.2. The van der Waals surface area contributed by atoms with Gasteiger partial charge in [0.15, 0.2) is 0 Å². The van der Waals surface area contributed by atoms with Crippen LogP contribution in [0.1, 0.15) is 84.3 Å². The molecule has 148 valence electrons. The first-order valence-corrected chi connectivity index (χ1v) is 18.7. The van der Waals surface area contributed by atoms with Gasteiger partial charge in [-0.3, -0.25) is 0 Å². The van der Waals surface area contributed by atoms with Gasteiger partial charge in [-0.1, -0.05) is 0 Å². The molecule has 0 amide bonds. The fraction of sp³-hybridized carbons (Fsp3) is 0.667. The zero-order valence-electron chi connectivity index (χ0n) is 17.7. The van der Waals surface area contributed by atoms with Gasteiger partial charge in [-0.2, -0.15) is 0 Å².